The number of aryl methyl sites for hydroxylation is 2. The van der Waals surface area contributed by atoms with Gasteiger partial charge < -0.3 is 9.88 Å². The van der Waals surface area contributed by atoms with Crippen molar-refractivity contribution in [1.29, 1.82) is 0 Å². The average Bonchev–Trinajstić information content (AvgIpc) is 3.35. The molecular weight excluding hydrogens is 424 g/mol. The van der Waals surface area contributed by atoms with Gasteiger partial charge in [-0.1, -0.05) is 36.2 Å². The highest BCUT2D eigenvalue weighted by molar-refractivity contribution is 7.89. The van der Waals surface area contributed by atoms with E-state index >= 15 is 0 Å². The van der Waals surface area contributed by atoms with Gasteiger partial charge in [0.1, 0.15) is 0 Å². The molecule has 9 heteroatoms. The maximum Gasteiger partial charge on any atom is 0.259 e. The van der Waals surface area contributed by atoms with E-state index < -0.39 is 10.0 Å². The summed E-state index contributed by atoms with van der Waals surface area (Å²) in [6.07, 6.45) is 9.54. The molecule has 2 aromatic heterocycles. The fraction of sp³-hybridized carbons (Fsp3) is 0.478. The summed E-state index contributed by atoms with van der Waals surface area (Å²) in [6, 6.07) is 9.13. The lowest BCUT2D eigenvalue weighted by atomic mass is 9.58. The number of benzene rings is 1. The average molecular weight is 455 g/mol. The minimum atomic E-state index is -3.62. The maximum absolute atomic E-state index is 12.4. The zero-order chi connectivity index (χ0) is 22.3. The molecule has 5 rings (SSSR count). The molecule has 0 bridgehead atoms. The van der Waals surface area contributed by atoms with E-state index in [9.17, 15) is 8.42 Å². The van der Waals surface area contributed by atoms with Crippen molar-refractivity contribution in [2.75, 3.05) is 13.1 Å². The highest BCUT2D eigenvalue weighted by Gasteiger charge is 2.48. The van der Waals surface area contributed by atoms with Crippen LogP contribution in [0.25, 0.3) is 0 Å². The van der Waals surface area contributed by atoms with Crippen LogP contribution in [0.1, 0.15) is 47.7 Å². The zero-order valence-corrected chi connectivity index (χ0v) is 19.4. The molecule has 1 unspecified atom stereocenters. The Balaban J connectivity index is 1.33. The standard InChI is InChI=1S/C23H30N6O2S/c1-17-4-6-19(7-5-17)23(9-3-10-23)22-21-18(8-11-24-22)14-29(27-21)13-12-26-32(30,31)20-15-28(2)16-25-20/h4-7,14-16,22,24,26H,3,8-13H2,1-2H3. The van der Waals surface area contributed by atoms with Gasteiger partial charge in [-0.3, -0.25) is 4.68 Å². The molecule has 32 heavy (non-hydrogen) atoms. The molecule has 1 fully saturated rings. The topological polar surface area (TPSA) is 93.8 Å². The van der Waals surface area contributed by atoms with E-state index in [0.717, 1.165) is 31.5 Å². The van der Waals surface area contributed by atoms with Crippen LogP contribution in [0.15, 0.2) is 48.0 Å². The first-order valence-corrected chi connectivity index (χ1v) is 12.7. The number of nitrogens with zero attached hydrogens (tertiary/aromatic N) is 4. The van der Waals surface area contributed by atoms with Crippen LogP contribution in [-0.4, -0.2) is 40.8 Å². The van der Waals surface area contributed by atoms with E-state index in [2.05, 4.69) is 52.4 Å². The third kappa shape index (κ3) is 3.78. The van der Waals surface area contributed by atoms with E-state index in [4.69, 9.17) is 5.10 Å². The van der Waals surface area contributed by atoms with Crippen LogP contribution in [0.2, 0.25) is 0 Å². The van der Waals surface area contributed by atoms with Gasteiger partial charge in [0.05, 0.1) is 24.6 Å². The Morgan fingerprint density at radius 2 is 2.00 bits per heavy atom. The Kier molecular flexibility index (Phi) is 5.43. The Morgan fingerprint density at radius 1 is 1.22 bits per heavy atom. The summed E-state index contributed by atoms with van der Waals surface area (Å²) in [5.74, 6) is 0. The summed E-state index contributed by atoms with van der Waals surface area (Å²) >= 11 is 0. The van der Waals surface area contributed by atoms with E-state index in [1.165, 1.54) is 35.6 Å². The number of hydrogen-bond donors (Lipinski definition) is 2. The molecule has 170 valence electrons. The summed E-state index contributed by atoms with van der Waals surface area (Å²) in [7, 11) is -1.87. The van der Waals surface area contributed by atoms with Gasteiger partial charge in [0.15, 0.2) is 5.03 Å². The lowest BCUT2D eigenvalue weighted by Crippen LogP contribution is -2.49. The normalized spacial score (nSPS) is 20.0. The summed E-state index contributed by atoms with van der Waals surface area (Å²) in [5.41, 5.74) is 5.13. The van der Waals surface area contributed by atoms with Crippen molar-refractivity contribution in [1.82, 2.24) is 29.4 Å². The van der Waals surface area contributed by atoms with E-state index in [0.29, 0.717) is 6.54 Å². The van der Waals surface area contributed by atoms with Crippen LogP contribution in [-0.2, 0) is 35.5 Å². The van der Waals surface area contributed by atoms with E-state index in [1.807, 2.05) is 4.68 Å². The van der Waals surface area contributed by atoms with Crippen molar-refractivity contribution < 1.29 is 8.42 Å². The van der Waals surface area contributed by atoms with Gasteiger partial charge in [0.25, 0.3) is 10.0 Å². The number of sulfonamides is 1. The van der Waals surface area contributed by atoms with Crippen LogP contribution in [0, 0.1) is 6.92 Å². The molecule has 0 saturated heterocycles. The number of nitrogens with one attached hydrogen (secondary N) is 2. The molecule has 2 N–H and O–H groups in total. The maximum atomic E-state index is 12.4. The summed E-state index contributed by atoms with van der Waals surface area (Å²) in [5, 5.41) is 8.71. The van der Waals surface area contributed by atoms with Crippen molar-refractivity contribution in [2.24, 2.45) is 7.05 Å². The van der Waals surface area contributed by atoms with Gasteiger partial charge in [-0.25, -0.2) is 18.1 Å². The number of hydrogen-bond acceptors (Lipinski definition) is 5. The van der Waals surface area contributed by atoms with Gasteiger partial charge in [-0.05, 0) is 43.9 Å². The molecule has 0 radical (unpaired) electrons. The van der Waals surface area contributed by atoms with E-state index in [-0.39, 0.29) is 23.0 Å². The zero-order valence-electron chi connectivity index (χ0n) is 18.6. The predicted octanol–water partition coefficient (Wildman–Crippen LogP) is 2.21. The first-order valence-electron chi connectivity index (χ1n) is 11.2. The van der Waals surface area contributed by atoms with Crippen LogP contribution in [0.4, 0.5) is 0 Å². The highest BCUT2D eigenvalue weighted by atomic mass is 32.2. The smallest absolute Gasteiger partial charge is 0.259 e. The Morgan fingerprint density at radius 3 is 2.66 bits per heavy atom. The van der Waals surface area contributed by atoms with Crippen LogP contribution < -0.4 is 10.0 Å². The minimum Gasteiger partial charge on any atom is -0.339 e. The fourth-order valence-corrected chi connectivity index (χ4v) is 6.01. The Hall–Kier alpha value is -2.49. The van der Waals surface area contributed by atoms with Crippen molar-refractivity contribution in [3.63, 3.8) is 0 Å². The Labute approximate surface area is 189 Å². The second-order valence-electron chi connectivity index (χ2n) is 9.09. The molecule has 3 aromatic rings. The van der Waals surface area contributed by atoms with Crippen LogP contribution >= 0.6 is 0 Å². The third-order valence-corrected chi connectivity index (χ3v) is 8.25. The van der Waals surface area contributed by atoms with Crippen LogP contribution in [0.5, 0.6) is 0 Å². The molecule has 1 saturated carbocycles. The number of rotatable bonds is 7. The van der Waals surface area contributed by atoms with Gasteiger partial charge in [-0.15, -0.1) is 0 Å². The quantitative estimate of drug-likeness (QED) is 0.571. The predicted molar refractivity (Wildman–Crippen MR) is 122 cm³/mol. The van der Waals surface area contributed by atoms with E-state index in [1.54, 1.807) is 11.6 Å². The SMILES string of the molecule is Cc1ccc(C2(C3NCCc4cn(CCNS(=O)(=O)c5cn(C)cn5)nc43)CCC2)cc1. The third-order valence-electron chi connectivity index (χ3n) is 6.90. The van der Waals surface area contributed by atoms with Gasteiger partial charge >= 0.3 is 0 Å². The monoisotopic (exact) mass is 454 g/mol. The van der Waals surface area contributed by atoms with Gasteiger partial charge in [-0.2, -0.15) is 5.10 Å². The number of imidazole rings is 1. The molecule has 0 amide bonds. The molecular formula is C23H30N6O2S. The van der Waals surface area contributed by atoms with Crippen molar-refractivity contribution in [3.05, 3.63) is 65.4 Å². The Bertz CT molecular complexity index is 1210. The number of aromatic nitrogens is 4. The molecule has 3 heterocycles. The summed E-state index contributed by atoms with van der Waals surface area (Å²) in [4.78, 5) is 3.93. The van der Waals surface area contributed by atoms with Crippen LogP contribution in [0.3, 0.4) is 0 Å². The van der Waals surface area contributed by atoms with Gasteiger partial charge in [0.2, 0.25) is 0 Å². The first-order chi connectivity index (χ1) is 15.4. The molecule has 0 spiro atoms. The molecule has 2 aliphatic rings. The highest BCUT2D eigenvalue weighted by Crippen LogP contribution is 2.53. The molecule has 1 aromatic carbocycles. The first kappa shape index (κ1) is 21.4. The summed E-state index contributed by atoms with van der Waals surface area (Å²) < 4.78 is 31.0. The van der Waals surface area contributed by atoms with Crippen molar-refractivity contribution >= 4 is 10.0 Å². The summed E-state index contributed by atoms with van der Waals surface area (Å²) in [6.45, 7) is 3.80. The lowest BCUT2D eigenvalue weighted by Gasteiger charge is -2.49. The molecule has 8 nitrogen and oxygen atoms in total. The minimum absolute atomic E-state index is 0.0362. The second-order valence-corrected chi connectivity index (χ2v) is 10.8. The molecule has 1 atom stereocenters. The fourth-order valence-electron chi connectivity index (χ4n) is 5.02. The van der Waals surface area contributed by atoms with Crippen molar-refractivity contribution in [2.45, 2.75) is 55.6 Å². The largest absolute Gasteiger partial charge is 0.339 e. The lowest BCUT2D eigenvalue weighted by molar-refractivity contribution is 0.161. The number of fused-ring (bicyclic) bond motifs is 1. The van der Waals surface area contributed by atoms with Crippen molar-refractivity contribution in [3.8, 4) is 0 Å². The van der Waals surface area contributed by atoms with Gasteiger partial charge in [0, 0.05) is 31.4 Å². The second kappa shape index (κ2) is 8.13. The molecule has 1 aliphatic carbocycles. The molecule has 1 aliphatic heterocycles.